The monoisotopic (exact) mass is 549 g/mol. The molecule has 0 bridgehead atoms. The lowest BCUT2D eigenvalue weighted by Crippen LogP contribution is -2.61. The molecule has 2 N–H and O–H groups in total. The van der Waals surface area contributed by atoms with Crippen LogP contribution in [0.2, 0.25) is 0 Å². The predicted molar refractivity (Wildman–Crippen MR) is 161 cm³/mol. The average Bonchev–Trinajstić information content (AvgIpc) is 3.18. The Kier molecular flexibility index (Phi) is 8.26. The van der Waals surface area contributed by atoms with Crippen molar-refractivity contribution in [2.75, 3.05) is 33.4 Å². The number of aromatic nitrogens is 2. The van der Waals surface area contributed by atoms with Gasteiger partial charge < -0.3 is 19.8 Å². The van der Waals surface area contributed by atoms with Crippen LogP contribution in [0.5, 0.6) is 0 Å². The minimum atomic E-state index is -0.140. The number of aryl methyl sites for hydroxylation is 1. The lowest BCUT2D eigenvalue weighted by molar-refractivity contribution is 0.00584. The number of amides is 1. The normalized spacial score (nSPS) is 21.3. The summed E-state index contributed by atoms with van der Waals surface area (Å²) in [4.78, 5) is 35.0. The number of rotatable bonds is 8. The highest BCUT2D eigenvalue weighted by Crippen LogP contribution is 2.39. The topological polar surface area (TPSA) is 73.4 Å². The molecule has 8 heteroatoms. The molecule has 3 heterocycles. The lowest BCUT2D eigenvalue weighted by atomic mass is 9.80. The molecule has 1 unspecified atom stereocenters. The molecule has 2 aliphatic rings. The van der Waals surface area contributed by atoms with E-state index in [9.17, 15) is 9.59 Å². The number of carbonyl (C=O) groups excluding carboxylic acids is 1. The van der Waals surface area contributed by atoms with Gasteiger partial charge in [-0.05, 0) is 84.9 Å². The van der Waals surface area contributed by atoms with Gasteiger partial charge in [-0.3, -0.25) is 14.5 Å². The van der Waals surface area contributed by atoms with Crippen molar-refractivity contribution >= 4 is 28.6 Å². The highest BCUT2D eigenvalue weighted by Gasteiger charge is 2.37. The summed E-state index contributed by atoms with van der Waals surface area (Å²) < 4.78 is 2.40. The van der Waals surface area contributed by atoms with E-state index >= 15 is 0 Å². The molecule has 1 saturated heterocycles. The third-order valence-electron chi connectivity index (χ3n) is 9.23. The average molecular weight is 550 g/mol. The minimum Gasteiger partial charge on any atom is -0.348 e. The Morgan fingerprint density at radius 3 is 2.51 bits per heavy atom. The second-order valence-corrected chi connectivity index (χ2v) is 12.6. The van der Waals surface area contributed by atoms with Gasteiger partial charge in [-0.1, -0.05) is 18.2 Å². The molecule has 0 spiro atoms. The SMILES string of the molecule is CSc1cc(C)[nH]c(=O)c1CNC(=O)c1c(C)n(C(C)C2CCC(N3CC(N(C)C)C3)CC2)c2ccccc12. The van der Waals surface area contributed by atoms with Gasteiger partial charge in [0.1, 0.15) is 0 Å². The Morgan fingerprint density at radius 2 is 1.85 bits per heavy atom. The zero-order chi connectivity index (χ0) is 27.8. The molecular formula is C31H43N5O2S. The first-order chi connectivity index (χ1) is 18.7. The fourth-order valence-corrected chi connectivity index (χ4v) is 7.47. The van der Waals surface area contributed by atoms with Crippen LogP contribution in [0.3, 0.4) is 0 Å². The van der Waals surface area contributed by atoms with Gasteiger partial charge in [-0.15, -0.1) is 11.8 Å². The summed E-state index contributed by atoms with van der Waals surface area (Å²) in [6, 6.07) is 11.9. The Balaban J connectivity index is 1.33. The van der Waals surface area contributed by atoms with Gasteiger partial charge in [-0.2, -0.15) is 0 Å². The van der Waals surface area contributed by atoms with Gasteiger partial charge >= 0.3 is 0 Å². The molecule has 1 aliphatic carbocycles. The first kappa shape index (κ1) is 28.0. The van der Waals surface area contributed by atoms with Crippen molar-refractivity contribution in [3.8, 4) is 0 Å². The van der Waals surface area contributed by atoms with Crippen LogP contribution in [-0.2, 0) is 6.54 Å². The quantitative estimate of drug-likeness (QED) is 0.389. The molecule has 1 atom stereocenters. The summed E-state index contributed by atoms with van der Waals surface area (Å²) in [5, 5.41) is 4.04. The van der Waals surface area contributed by atoms with Crippen LogP contribution in [0.15, 0.2) is 40.0 Å². The first-order valence-corrected chi connectivity index (χ1v) is 15.5. The van der Waals surface area contributed by atoms with Gasteiger partial charge in [0.15, 0.2) is 0 Å². The van der Waals surface area contributed by atoms with E-state index in [1.807, 2.05) is 25.3 Å². The molecule has 1 aliphatic heterocycles. The lowest BCUT2D eigenvalue weighted by Gasteiger charge is -2.49. The molecule has 1 saturated carbocycles. The standard InChI is InChI=1S/C31H43N5O2S/c1-19-15-28(39-6)26(30(37)33-19)16-32-31(38)29-21(3)36(27-10-8-7-9-25(27)29)20(2)22-11-13-23(14-12-22)35-17-24(18-35)34(4)5/h7-10,15,20,22-24H,11-14,16-18H2,1-6H3,(H,32,38)(H,33,37). The molecule has 1 amide bonds. The summed E-state index contributed by atoms with van der Waals surface area (Å²) >= 11 is 1.53. The van der Waals surface area contributed by atoms with E-state index in [1.54, 1.807) is 0 Å². The molecule has 210 valence electrons. The highest BCUT2D eigenvalue weighted by molar-refractivity contribution is 7.98. The number of nitrogens with one attached hydrogen (secondary N) is 2. The number of hydrogen-bond donors (Lipinski definition) is 2. The number of likely N-dealkylation sites (N-methyl/N-ethyl adjacent to an activating group) is 1. The fraction of sp³-hybridized carbons (Fsp3) is 0.548. The van der Waals surface area contributed by atoms with Crippen LogP contribution in [0, 0.1) is 19.8 Å². The molecule has 7 nitrogen and oxygen atoms in total. The maximum Gasteiger partial charge on any atom is 0.254 e. The Hall–Kier alpha value is -2.55. The molecular weight excluding hydrogens is 506 g/mol. The number of nitrogens with zero attached hydrogens (tertiary/aromatic N) is 3. The number of pyridine rings is 1. The zero-order valence-electron chi connectivity index (χ0n) is 24.2. The number of hydrogen-bond acceptors (Lipinski definition) is 5. The van der Waals surface area contributed by atoms with Crippen LogP contribution < -0.4 is 10.9 Å². The van der Waals surface area contributed by atoms with Gasteiger partial charge in [0.25, 0.3) is 11.5 Å². The van der Waals surface area contributed by atoms with Crippen LogP contribution in [0.25, 0.3) is 10.9 Å². The molecule has 5 rings (SSSR count). The molecule has 2 aromatic heterocycles. The van der Waals surface area contributed by atoms with Gasteiger partial charge in [0.05, 0.1) is 5.56 Å². The van der Waals surface area contributed by atoms with Gasteiger partial charge in [0, 0.05) is 70.5 Å². The Morgan fingerprint density at radius 1 is 1.15 bits per heavy atom. The van der Waals surface area contributed by atoms with E-state index < -0.39 is 0 Å². The molecule has 39 heavy (non-hydrogen) atoms. The van der Waals surface area contributed by atoms with E-state index in [-0.39, 0.29) is 18.0 Å². The number of H-pyrrole nitrogens is 1. The van der Waals surface area contributed by atoms with E-state index in [2.05, 4.69) is 70.8 Å². The summed E-state index contributed by atoms with van der Waals surface area (Å²) in [6.45, 7) is 8.88. The van der Waals surface area contributed by atoms with Crippen LogP contribution >= 0.6 is 11.8 Å². The van der Waals surface area contributed by atoms with Crippen LogP contribution in [0.1, 0.15) is 66.0 Å². The van der Waals surface area contributed by atoms with E-state index in [0.717, 1.165) is 32.7 Å². The molecule has 1 aromatic carbocycles. The van der Waals surface area contributed by atoms with Crippen molar-refractivity contribution in [3.63, 3.8) is 0 Å². The third kappa shape index (κ3) is 5.43. The van der Waals surface area contributed by atoms with Crippen molar-refractivity contribution in [3.05, 3.63) is 63.2 Å². The number of thioether (sulfide) groups is 1. The van der Waals surface area contributed by atoms with Crippen molar-refractivity contribution in [2.45, 2.75) is 76.0 Å². The van der Waals surface area contributed by atoms with E-state index in [0.29, 0.717) is 29.6 Å². The van der Waals surface area contributed by atoms with Crippen molar-refractivity contribution in [2.24, 2.45) is 5.92 Å². The second-order valence-electron chi connectivity index (χ2n) is 11.7. The summed E-state index contributed by atoms with van der Waals surface area (Å²) in [6.07, 6.45) is 6.90. The number of benzene rings is 1. The minimum absolute atomic E-state index is 0.126. The number of carbonyl (C=O) groups is 1. The van der Waals surface area contributed by atoms with Crippen molar-refractivity contribution in [1.29, 1.82) is 0 Å². The van der Waals surface area contributed by atoms with E-state index in [4.69, 9.17) is 0 Å². The number of fused-ring (bicyclic) bond motifs is 1. The summed E-state index contributed by atoms with van der Waals surface area (Å²) in [7, 11) is 4.37. The number of aromatic amines is 1. The number of para-hydroxylation sites is 1. The molecule has 3 aromatic rings. The van der Waals surface area contributed by atoms with Gasteiger partial charge in [-0.25, -0.2) is 0 Å². The largest absolute Gasteiger partial charge is 0.348 e. The summed E-state index contributed by atoms with van der Waals surface area (Å²) in [5.41, 5.74) is 4.12. The second kappa shape index (κ2) is 11.5. The third-order valence-corrected chi connectivity index (χ3v) is 10.0. The molecule has 0 radical (unpaired) electrons. The summed E-state index contributed by atoms with van der Waals surface area (Å²) in [5.74, 6) is 0.464. The van der Waals surface area contributed by atoms with E-state index in [1.165, 1.54) is 50.5 Å². The Bertz CT molecular complexity index is 1400. The Labute approximate surface area is 236 Å². The zero-order valence-corrected chi connectivity index (χ0v) is 25.0. The maximum atomic E-state index is 13.6. The smallest absolute Gasteiger partial charge is 0.254 e. The fourth-order valence-electron chi connectivity index (χ4n) is 6.77. The van der Waals surface area contributed by atoms with Crippen LogP contribution in [-0.4, -0.2) is 70.8 Å². The number of likely N-dealkylation sites (tertiary alicyclic amines) is 1. The van der Waals surface area contributed by atoms with Gasteiger partial charge in [0.2, 0.25) is 0 Å². The maximum absolute atomic E-state index is 13.6. The molecule has 2 fully saturated rings. The van der Waals surface area contributed by atoms with Crippen molar-refractivity contribution in [1.82, 2.24) is 24.7 Å². The first-order valence-electron chi connectivity index (χ1n) is 14.2. The van der Waals surface area contributed by atoms with Crippen LogP contribution in [0.4, 0.5) is 0 Å². The highest BCUT2D eigenvalue weighted by atomic mass is 32.2. The predicted octanol–water partition coefficient (Wildman–Crippen LogP) is 4.96. The van der Waals surface area contributed by atoms with Crippen molar-refractivity contribution < 1.29 is 4.79 Å².